The van der Waals surface area contributed by atoms with Crippen molar-refractivity contribution in [3.8, 4) is 0 Å². The molecule has 0 fully saturated rings. The van der Waals surface area contributed by atoms with Crippen LogP contribution in [-0.2, 0) is 4.79 Å². The Morgan fingerprint density at radius 1 is 1.67 bits per heavy atom. The van der Waals surface area contributed by atoms with Crippen LogP contribution in [0.5, 0.6) is 0 Å². The van der Waals surface area contributed by atoms with Crippen LogP contribution in [0.2, 0.25) is 0 Å². The first-order valence-electron chi connectivity index (χ1n) is 5.16. The van der Waals surface area contributed by atoms with Crippen LogP contribution in [0, 0.1) is 0 Å². The summed E-state index contributed by atoms with van der Waals surface area (Å²) in [6.45, 7) is 5.88. The number of hydrogen-bond donors (Lipinski definition) is 1. The lowest BCUT2D eigenvalue weighted by molar-refractivity contribution is -0.118. The largest absolute Gasteiger partial charge is 0.345 e. The number of carbonyl (C=O) groups is 1. The van der Waals surface area contributed by atoms with Crippen molar-refractivity contribution in [3.63, 3.8) is 0 Å². The number of rotatable bonds is 4. The Hall–Kier alpha value is -1.09. The van der Waals surface area contributed by atoms with Gasteiger partial charge in [-0.3, -0.25) is 4.79 Å². The maximum atomic E-state index is 11.7. The Labute approximate surface area is 95.0 Å². The number of nitrogens with one attached hydrogen (secondary N) is 1. The molecule has 0 aliphatic rings. The first-order chi connectivity index (χ1) is 7.15. The lowest BCUT2D eigenvalue weighted by atomic mass is 10.2. The van der Waals surface area contributed by atoms with Crippen molar-refractivity contribution in [2.75, 3.05) is 0 Å². The van der Waals surface area contributed by atoms with E-state index in [1.54, 1.807) is 11.3 Å². The molecule has 1 aromatic heterocycles. The van der Waals surface area contributed by atoms with E-state index in [0.29, 0.717) is 0 Å². The Morgan fingerprint density at radius 3 is 2.93 bits per heavy atom. The minimum absolute atomic E-state index is 0.0257. The molecular weight excluding hydrogens is 206 g/mol. The van der Waals surface area contributed by atoms with E-state index >= 15 is 0 Å². The minimum Gasteiger partial charge on any atom is -0.345 e. The molecule has 0 bridgehead atoms. The summed E-state index contributed by atoms with van der Waals surface area (Å²) < 4.78 is 0. The van der Waals surface area contributed by atoms with Gasteiger partial charge in [-0.25, -0.2) is 0 Å². The highest BCUT2D eigenvalue weighted by Gasteiger charge is 2.10. The summed E-state index contributed by atoms with van der Waals surface area (Å²) in [6, 6.07) is 4.13. The van der Waals surface area contributed by atoms with E-state index in [1.165, 1.54) is 4.88 Å². The number of carbonyl (C=O) groups excluding carboxylic acids is 1. The average molecular weight is 223 g/mol. The Kier molecular flexibility index (Phi) is 4.56. The van der Waals surface area contributed by atoms with Crippen LogP contribution < -0.4 is 5.32 Å². The predicted octanol–water partition coefficient (Wildman–Crippen LogP) is 3.28. The summed E-state index contributed by atoms with van der Waals surface area (Å²) in [5, 5.41) is 4.99. The lowest BCUT2D eigenvalue weighted by Crippen LogP contribution is -2.26. The Bertz CT molecular complexity index is 341. The standard InChI is InChI=1S/C12H17NOS/c1-4-6-9(2)12(14)13-10(3)11-7-5-8-15-11/h5-8,10H,4H2,1-3H3,(H,13,14)/b9-6+. The monoisotopic (exact) mass is 223 g/mol. The predicted molar refractivity (Wildman–Crippen MR) is 64.9 cm³/mol. The zero-order valence-corrected chi connectivity index (χ0v) is 10.2. The van der Waals surface area contributed by atoms with E-state index in [9.17, 15) is 4.79 Å². The molecule has 0 aromatic carbocycles. The number of hydrogen-bond acceptors (Lipinski definition) is 2. The van der Waals surface area contributed by atoms with Gasteiger partial charge in [-0.15, -0.1) is 11.3 Å². The van der Waals surface area contributed by atoms with E-state index in [1.807, 2.05) is 44.4 Å². The second kappa shape index (κ2) is 5.71. The van der Waals surface area contributed by atoms with Crippen LogP contribution >= 0.6 is 11.3 Å². The highest BCUT2D eigenvalue weighted by Crippen LogP contribution is 2.18. The zero-order valence-electron chi connectivity index (χ0n) is 9.41. The molecule has 1 N–H and O–H groups in total. The van der Waals surface area contributed by atoms with Crippen molar-refractivity contribution in [1.29, 1.82) is 0 Å². The molecule has 1 amide bonds. The topological polar surface area (TPSA) is 29.1 Å². The maximum Gasteiger partial charge on any atom is 0.247 e. The normalized spacial score (nSPS) is 13.7. The molecule has 0 aliphatic carbocycles. The van der Waals surface area contributed by atoms with Crippen molar-refractivity contribution in [2.45, 2.75) is 33.2 Å². The molecule has 3 heteroatoms. The van der Waals surface area contributed by atoms with Crippen LogP contribution in [-0.4, -0.2) is 5.91 Å². The maximum absolute atomic E-state index is 11.7. The van der Waals surface area contributed by atoms with Gasteiger partial charge in [-0.05, 0) is 31.7 Å². The average Bonchev–Trinajstić information content (AvgIpc) is 2.70. The quantitative estimate of drug-likeness (QED) is 0.780. The molecule has 1 atom stereocenters. The molecule has 0 aliphatic heterocycles. The number of allylic oxidation sites excluding steroid dienone is 1. The molecule has 15 heavy (non-hydrogen) atoms. The van der Waals surface area contributed by atoms with Crippen molar-refractivity contribution >= 4 is 17.2 Å². The highest BCUT2D eigenvalue weighted by atomic mass is 32.1. The number of thiophene rings is 1. The summed E-state index contributed by atoms with van der Waals surface area (Å²) in [5.74, 6) is 0.0257. The number of amides is 1. The third-order valence-electron chi connectivity index (χ3n) is 2.19. The molecule has 1 heterocycles. The van der Waals surface area contributed by atoms with Gasteiger partial charge in [-0.2, -0.15) is 0 Å². The van der Waals surface area contributed by atoms with Crippen molar-refractivity contribution in [1.82, 2.24) is 5.32 Å². The Balaban J connectivity index is 2.56. The highest BCUT2D eigenvalue weighted by molar-refractivity contribution is 7.10. The fraction of sp³-hybridized carbons (Fsp3) is 0.417. The second-order valence-corrected chi connectivity index (χ2v) is 4.49. The van der Waals surface area contributed by atoms with Gasteiger partial charge in [-0.1, -0.05) is 19.1 Å². The molecule has 0 saturated carbocycles. The fourth-order valence-corrected chi connectivity index (χ4v) is 2.05. The van der Waals surface area contributed by atoms with Gasteiger partial charge in [0.2, 0.25) is 5.91 Å². The minimum atomic E-state index is 0.0257. The molecule has 2 nitrogen and oxygen atoms in total. The van der Waals surface area contributed by atoms with Gasteiger partial charge in [0.05, 0.1) is 6.04 Å². The first-order valence-corrected chi connectivity index (χ1v) is 6.04. The molecule has 1 aromatic rings. The van der Waals surface area contributed by atoms with E-state index < -0.39 is 0 Å². The fourth-order valence-electron chi connectivity index (χ4n) is 1.32. The van der Waals surface area contributed by atoms with E-state index in [4.69, 9.17) is 0 Å². The van der Waals surface area contributed by atoms with E-state index in [-0.39, 0.29) is 11.9 Å². The summed E-state index contributed by atoms with van der Waals surface area (Å²) >= 11 is 1.66. The molecule has 0 radical (unpaired) electrons. The van der Waals surface area contributed by atoms with Crippen LogP contribution in [0.1, 0.15) is 38.1 Å². The van der Waals surface area contributed by atoms with Crippen LogP contribution in [0.4, 0.5) is 0 Å². The van der Waals surface area contributed by atoms with E-state index in [2.05, 4.69) is 5.32 Å². The first kappa shape index (κ1) is 12.0. The van der Waals surface area contributed by atoms with Gasteiger partial charge in [0.25, 0.3) is 0 Å². The van der Waals surface area contributed by atoms with Crippen molar-refractivity contribution < 1.29 is 4.79 Å². The van der Waals surface area contributed by atoms with Gasteiger partial charge in [0.1, 0.15) is 0 Å². The smallest absolute Gasteiger partial charge is 0.247 e. The van der Waals surface area contributed by atoms with Crippen LogP contribution in [0.25, 0.3) is 0 Å². The second-order valence-electron chi connectivity index (χ2n) is 3.51. The molecule has 1 unspecified atom stereocenters. The molecule has 0 saturated heterocycles. The molecule has 0 spiro atoms. The van der Waals surface area contributed by atoms with Gasteiger partial charge in [0.15, 0.2) is 0 Å². The van der Waals surface area contributed by atoms with Crippen molar-refractivity contribution in [2.24, 2.45) is 0 Å². The van der Waals surface area contributed by atoms with Gasteiger partial charge >= 0.3 is 0 Å². The summed E-state index contributed by atoms with van der Waals surface area (Å²) in [5.41, 5.74) is 0.793. The third-order valence-corrected chi connectivity index (χ3v) is 3.24. The van der Waals surface area contributed by atoms with E-state index in [0.717, 1.165) is 12.0 Å². The zero-order chi connectivity index (χ0) is 11.3. The Morgan fingerprint density at radius 2 is 2.40 bits per heavy atom. The van der Waals surface area contributed by atoms with Crippen LogP contribution in [0.3, 0.4) is 0 Å². The summed E-state index contributed by atoms with van der Waals surface area (Å²) in [7, 11) is 0. The molecular formula is C12H17NOS. The van der Waals surface area contributed by atoms with Gasteiger partial charge in [0, 0.05) is 10.5 Å². The van der Waals surface area contributed by atoms with Gasteiger partial charge < -0.3 is 5.32 Å². The van der Waals surface area contributed by atoms with Crippen molar-refractivity contribution in [3.05, 3.63) is 34.0 Å². The molecule has 1 rings (SSSR count). The summed E-state index contributed by atoms with van der Waals surface area (Å²) in [4.78, 5) is 12.9. The SMILES string of the molecule is CC/C=C(\C)C(=O)NC(C)c1cccs1. The summed E-state index contributed by atoms with van der Waals surface area (Å²) in [6.07, 6.45) is 2.84. The lowest BCUT2D eigenvalue weighted by Gasteiger charge is -2.12. The van der Waals surface area contributed by atoms with Crippen LogP contribution in [0.15, 0.2) is 29.2 Å². The third kappa shape index (κ3) is 3.51. The molecule has 82 valence electrons.